The zero-order valence-electron chi connectivity index (χ0n) is 11.7. The molecule has 0 saturated carbocycles. The number of aliphatic hydroxyl groups is 1. The van der Waals surface area contributed by atoms with Crippen molar-refractivity contribution in [2.75, 3.05) is 13.7 Å². The van der Waals surface area contributed by atoms with Crippen LogP contribution in [0.5, 0.6) is 0 Å². The second kappa shape index (κ2) is 7.31. The molecule has 1 aromatic rings. The third-order valence-corrected chi connectivity index (χ3v) is 2.99. The van der Waals surface area contributed by atoms with Gasteiger partial charge in [0.2, 0.25) is 5.91 Å². The summed E-state index contributed by atoms with van der Waals surface area (Å²) >= 11 is 0. The number of rotatable bonds is 6. The number of aliphatic hydroxyl groups excluding tert-OH is 1. The van der Waals surface area contributed by atoms with E-state index >= 15 is 0 Å². The first kappa shape index (κ1) is 16.5. The number of methoxy groups -OCH3 is 1. The molecule has 0 fully saturated rings. The van der Waals surface area contributed by atoms with E-state index in [0.29, 0.717) is 0 Å². The van der Waals surface area contributed by atoms with Gasteiger partial charge >= 0.3 is 0 Å². The number of amides is 1. The van der Waals surface area contributed by atoms with Crippen molar-refractivity contribution in [3.8, 4) is 0 Å². The van der Waals surface area contributed by atoms with E-state index in [1.165, 1.54) is 13.2 Å². The maximum Gasteiger partial charge on any atom is 0.225 e. The molecule has 0 aromatic heterocycles. The van der Waals surface area contributed by atoms with Crippen molar-refractivity contribution in [3.63, 3.8) is 0 Å². The monoisotopic (exact) mass is 287 g/mol. The molecule has 1 rings (SSSR count). The van der Waals surface area contributed by atoms with Gasteiger partial charge in [-0.25, -0.2) is 8.78 Å². The summed E-state index contributed by atoms with van der Waals surface area (Å²) in [5.41, 5.74) is 0.205. The summed E-state index contributed by atoms with van der Waals surface area (Å²) in [6.45, 7) is 3.54. The molecule has 4 nitrogen and oxygen atoms in total. The number of carbonyl (C=O) groups is 1. The van der Waals surface area contributed by atoms with Crippen LogP contribution >= 0.6 is 0 Å². The van der Waals surface area contributed by atoms with Crippen molar-refractivity contribution in [2.24, 2.45) is 5.92 Å². The lowest BCUT2D eigenvalue weighted by Gasteiger charge is -2.22. The predicted molar refractivity (Wildman–Crippen MR) is 70.0 cm³/mol. The molecule has 1 aromatic carbocycles. The van der Waals surface area contributed by atoms with E-state index in [2.05, 4.69) is 5.32 Å². The highest BCUT2D eigenvalue weighted by molar-refractivity contribution is 5.78. The highest BCUT2D eigenvalue weighted by atomic mass is 19.2. The molecule has 0 aliphatic carbocycles. The van der Waals surface area contributed by atoms with Gasteiger partial charge < -0.3 is 15.2 Å². The zero-order chi connectivity index (χ0) is 15.3. The molecule has 112 valence electrons. The SMILES string of the molecule is COCC(C)C(=O)NC(C)C(O)c1ccc(F)c(F)c1. The molecule has 0 aliphatic heterocycles. The Hall–Kier alpha value is -1.53. The molecule has 2 N–H and O–H groups in total. The van der Waals surface area contributed by atoms with Crippen LogP contribution < -0.4 is 5.32 Å². The minimum atomic E-state index is -1.12. The standard InChI is InChI=1S/C14H19F2NO3/c1-8(7-20-3)14(19)17-9(2)13(18)10-4-5-11(15)12(16)6-10/h4-6,8-9,13,18H,7H2,1-3H3,(H,17,19). The van der Waals surface area contributed by atoms with E-state index in [0.717, 1.165) is 12.1 Å². The fourth-order valence-electron chi connectivity index (χ4n) is 1.76. The van der Waals surface area contributed by atoms with Gasteiger partial charge in [-0.1, -0.05) is 13.0 Å². The number of halogens is 2. The molecule has 6 heteroatoms. The van der Waals surface area contributed by atoms with Gasteiger partial charge in [-0.3, -0.25) is 4.79 Å². The second-order valence-electron chi connectivity index (χ2n) is 4.77. The van der Waals surface area contributed by atoms with Crippen LogP contribution in [0.15, 0.2) is 18.2 Å². The van der Waals surface area contributed by atoms with Gasteiger partial charge in [-0.15, -0.1) is 0 Å². The van der Waals surface area contributed by atoms with Gasteiger partial charge in [0.25, 0.3) is 0 Å². The molecule has 0 spiro atoms. The van der Waals surface area contributed by atoms with Crippen LogP contribution in [0.1, 0.15) is 25.5 Å². The van der Waals surface area contributed by atoms with E-state index < -0.39 is 23.8 Å². The van der Waals surface area contributed by atoms with Crippen molar-refractivity contribution >= 4 is 5.91 Å². The molecular weight excluding hydrogens is 268 g/mol. The summed E-state index contributed by atoms with van der Waals surface area (Å²) in [5.74, 6) is -2.65. The van der Waals surface area contributed by atoms with Crippen molar-refractivity contribution in [3.05, 3.63) is 35.4 Å². The average Bonchev–Trinajstić information content (AvgIpc) is 2.41. The summed E-state index contributed by atoms with van der Waals surface area (Å²) in [6, 6.07) is 2.51. The minimum absolute atomic E-state index is 0.205. The Balaban J connectivity index is 2.69. The molecular formula is C14H19F2NO3. The number of hydrogen-bond donors (Lipinski definition) is 2. The Bertz CT molecular complexity index is 468. The Labute approximate surface area is 116 Å². The summed E-state index contributed by atoms with van der Waals surface area (Å²) in [5, 5.41) is 12.6. The predicted octanol–water partition coefficient (Wildman–Crippen LogP) is 1.79. The molecule has 1 amide bonds. The number of ether oxygens (including phenoxy) is 1. The van der Waals surface area contributed by atoms with Crippen molar-refractivity contribution in [2.45, 2.75) is 26.0 Å². The van der Waals surface area contributed by atoms with Crippen LogP contribution in [0, 0.1) is 17.6 Å². The Kier molecular flexibility index (Phi) is 6.04. The Morgan fingerprint density at radius 1 is 1.35 bits per heavy atom. The molecule has 3 atom stereocenters. The van der Waals surface area contributed by atoms with Crippen molar-refractivity contribution in [1.29, 1.82) is 0 Å². The minimum Gasteiger partial charge on any atom is -0.386 e. The lowest BCUT2D eigenvalue weighted by Crippen LogP contribution is -2.41. The van der Waals surface area contributed by atoms with E-state index in [4.69, 9.17) is 4.74 Å². The number of hydrogen-bond acceptors (Lipinski definition) is 3. The van der Waals surface area contributed by atoms with Crippen LogP contribution in [-0.4, -0.2) is 30.8 Å². The largest absolute Gasteiger partial charge is 0.386 e. The molecule has 0 bridgehead atoms. The normalized spacial score (nSPS) is 15.5. The molecule has 0 aliphatic rings. The van der Waals surface area contributed by atoms with Crippen molar-refractivity contribution < 1.29 is 23.4 Å². The highest BCUT2D eigenvalue weighted by Crippen LogP contribution is 2.19. The second-order valence-corrected chi connectivity index (χ2v) is 4.77. The van der Waals surface area contributed by atoms with Gasteiger partial charge in [0, 0.05) is 7.11 Å². The van der Waals surface area contributed by atoms with Gasteiger partial charge in [-0.2, -0.15) is 0 Å². The molecule has 0 radical (unpaired) electrons. The van der Waals surface area contributed by atoms with Gasteiger partial charge in [0.1, 0.15) is 0 Å². The third-order valence-electron chi connectivity index (χ3n) is 2.99. The van der Waals surface area contributed by atoms with Crippen LogP contribution in [0.4, 0.5) is 8.78 Å². The van der Waals surface area contributed by atoms with Gasteiger partial charge in [0.05, 0.1) is 24.7 Å². The maximum absolute atomic E-state index is 13.1. The third kappa shape index (κ3) is 4.25. The summed E-state index contributed by atoms with van der Waals surface area (Å²) in [4.78, 5) is 11.8. The first-order chi connectivity index (χ1) is 9.36. The Morgan fingerprint density at radius 2 is 2.00 bits per heavy atom. The van der Waals surface area contributed by atoms with Crippen LogP contribution in [0.2, 0.25) is 0 Å². The summed E-state index contributed by atoms with van der Waals surface area (Å²) in [6.07, 6.45) is -1.12. The topological polar surface area (TPSA) is 58.6 Å². The smallest absolute Gasteiger partial charge is 0.225 e. The van der Waals surface area contributed by atoms with E-state index in [1.807, 2.05) is 0 Å². The lowest BCUT2D eigenvalue weighted by molar-refractivity contribution is -0.127. The first-order valence-corrected chi connectivity index (χ1v) is 6.29. The van der Waals surface area contributed by atoms with Crippen LogP contribution in [-0.2, 0) is 9.53 Å². The number of nitrogens with one attached hydrogen (secondary N) is 1. The van der Waals surface area contributed by atoms with Gasteiger partial charge in [-0.05, 0) is 24.6 Å². The maximum atomic E-state index is 13.1. The fraction of sp³-hybridized carbons (Fsp3) is 0.500. The molecule has 0 heterocycles. The number of benzene rings is 1. The van der Waals surface area contributed by atoms with Crippen LogP contribution in [0.25, 0.3) is 0 Å². The Morgan fingerprint density at radius 3 is 2.55 bits per heavy atom. The zero-order valence-corrected chi connectivity index (χ0v) is 11.7. The summed E-state index contributed by atoms with van der Waals surface area (Å²) in [7, 11) is 1.49. The number of carbonyl (C=O) groups excluding carboxylic acids is 1. The lowest BCUT2D eigenvalue weighted by atomic mass is 10.0. The average molecular weight is 287 g/mol. The highest BCUT2D eigenvalue weighted by Gasteiger charge is 2.22. The van der Waals surface area contributed by atoms with E-state index in [9.17, 15) is 18.7 Å². The summed E-state index contributed by atoms with van der Waals surface area (Å²) < 4.78 is 30.8. The van der Waals surface area contributed by atoms with Crippen molar-refractivity contribution in [1.82, 2.24) is 5.32 Å². The van der Waals surface area contributed by atoms with Crippen LogP contribution in [0.3, 0.4) is 0 Å². The first-order valence-electron chi connectivity index (χ1n) is 6.29. The van der Waals surface area contributed by atoms with E-state index in [1.54, 1.807) is 13.8 Å². The molecule has 20 heavy (non-hydrogen) atoms. The fourth-order valence-corrected chi connectivity index (χ4v) is 1.76. The molecule has 3 unspecified atom stereocenters. The molecule has 0 saturated heterocycles. The quantitative estimate of drug-likeness (QED) is 0.838. The van der Waals surface area contributed by atoms with E-state index in [-0.39, 0.29) is 24.0 Å². The van der Waals surface area contributed by atoms with Gasteiger partial charge in [0.15, 0.2) is 11.6 Å².